The Morgan fingerprint density at radius 1 is 1.27 bits per heavy atom. The second-order valence-corrected chi connectivity index (χ2v) is 2.07. The summed E-state index contributed by atoms with van der Waals surface area (Å²) in [6.45, 7) is 1.56. The zero-order valence-corrected chi connectivity index (χ0v) is 6.22. The second-order valence-electron chi connectivity index (χ2n) is 2.07. The van der Waals surface area contributed by atoms with Crippen LogP contribution in [-0.2, 0) is 0 Å². The Balaban J connectivity index is 3.49. The lowest BCUT2D eigenvalue weighted by atomic mass is 10.4. The van der Waals surface area contributed by atoms with Gasteiger partial charge in [-0.2, -0.15) is 0 Å². The molecule has 5 heteroatoms. The first-order chi connectivity index (χ1) is 5.15. The minimum Gasteiger partial charge on any atom is -0.482 e. The molecule has 60 valence electrons. The molecule has 0 spiro atoms. The van der Waals surface area contributed by atoms with Crippen molar-refractivity contribution in [3.8, 4) is 5.88 Å². The number of hydrogen-bond acceptors (Lipinski definition) is 3. The van der Waals surface area contributed by atoms with E-state index >= 15 is 0 Å². The normalized spacial score (nSPS) is 9.64. The fourth-order valence-corrected chi connectivity index (χ4v) is 0.732. The van der Waals surface area contributed by atoms with Gasteiger partial charge in [-0.15, -0.1) is 0 Å². The summed E-state index contributed by atoms with van der Waals surface area (Å²) in [5.41, 5.74) is -0.616. The predicted molar refractivity (Wildman–Crippen MR) is 39.0 cm³/mol. The minimum absolute atomic E-state index is 0.207. The van der Waals surface area contributed by atoms with Crippen molar-refractivity contribution in [1.82, 2.24) is 9.97 Å². The molecule has 0 aromatic carbocycles. The number of aromatic amines is 2. The summed E-state index contributed by atoms with van der Waals surface area (Å²) in [7, 11) is 1.39. The Kier molecular flexibility index (Phi) is 1.80. The van der Waals surface area contributed by atoms with E-state index in [1.165, 1.54) is 7.11 Å². The third kappa shape index (κ3) is 1.31. The van der Waals surface area contributed by atoms with E-state index in [-0.39, 0.29) is 5.88 Å². The molecular weight excluding hydrogens is 148 g/mol. The van der Waals surface area contributed by atoms with E-state index in [1.807, 2.05) is 0 Å². The first-order valence-electron chi connectivity index (χ1n) is 3.02. The van der Waals surface area contributed by atoms with E-state index in [9.17, 15) is 9.59 Å². The topological polar surface area (TPSA) is 75.0 Å². The molecule has 0 aliphatic rings. The van der Waals surface area contributed by atoms with Crippen molar-refractivity contribution in [3.05, 3.63) is 26.4 Å². The lowest BCUT2D eigenvalue weighted by Crippen LogP contribution is -2.24. The lowest BCUT2D eigenvalue weighted by Gasteiger charge is -1.99. The number of hydrogen-bond donors (Lipinski definition) is 2. The van der Waals surface area contributed by atoms with Crippen LogP contribution in [0.5, 0.6) is 5.88 Å². The van der Waals surface area contributed by atoms with Crippen LogP contribution in [-0.4, -0.2) is 17.1 Å². The smallest absolute Gasteiger partial charge is 0.328 e. The highest BCUT2D eigenvalue weighted by atomic mass is 16.5. The quantitative estimate of drug-likeness (QED) is 0.569. The van der Waals surface area contributed by atoms with Crippen LogP contribution in [0.2, 0.25) is 0 Å². The third-order valence-electron chi connectivity index (χ3n) is 1.34. The molecule has 0 aliphatic heterocycles. The highest BCUT2D eigenvalue weighted by Gasteiger charge is 2.02. The Hall–Kier alpha value is -1.52. The molecule has 1 heterocycles. The lowest BCUT2D eigenvalue weighted by molar-refractivity contribution is 0.390. The van der Waals surface area contributed by atoms with Crippen LogP contribution < -0.4 is 16.0 Å². The van der Waals surface area contributed by atoms with Gasteiger partial charge < -0.3 is 4.74 Å². The first kappa shape index (κ1) is 7.59. The highest BCUT2D eigenvalue weighted by Crippen LogP contribution is 2.02. The number of aromatic nitrogens is 2. The summed E-state index contributed by atoms with van der Waals surface area (Å²) in [4.78, 5) is 25.9. The fourth-order valence-electron chi connectivity index (χ4n) is 0.732. The Labute approximate surface area is 62.0 Å². The molecule has 0 aliphatic carbocycles. The average molecular weight is 156 g/mol. The van der Waals surface area contributed by atoms with Crippen LogP contribution in [0, 0.1) is 6.92 Å². The second kappa shape index (κ2) is 2.61. The Bertz CT molecular complexity index is 363. The summed E-state index contributed by atoms with van der Waals surface area (Å²) in [6, 6.07) is 0. The molecule has 1 aromatic rings. The van der Waals surface area contributed by atoms with Crippen molar-refractivity contribution in [2.24, 2.45) is 0 Å². The Morgan fingerprint density at radius 3 is 2.45 bits per heavy atom. The molecule has 0 saturated carbocycles. The minimum atomic E-state index is -0.558. The Morgan fingerprint density at radius 2 is 1.91 bits per heavy atom. The summed E-state index contributed by atoms with van der Waals surface area (Å²) < 4.78 is 4.73. The molecule has 0 saturated heterocycles. The van der Waals surface area contributed by atoms with E-state index in [1.54, 1.807) is 6.92 Å². The maximum atomic E-state index is 10.9. The molecule has 0 atom stereocenters. The SMILES string of the molecule is COc1[nH]c(=O)[nH]c(=O)c1C. The number of ether oxygens (including phenoxy) is 1. The molecule has 0 fully saturated rings. The van der Waals surface area contributed by atoms with Gasteiger partial charge in [0.25, 0.3) is 5.56 Å². The van der Waals surface area contributed by atoms with Gasteiger partial charge in [-0.1, -0.05) is 0 Å². The molecule has 0 radical (unpaired) electrons. The monoisotopic (exact) mass is 156 g/mol. The van der Waals surface area contributed by atoms with Crippen LogP contribution in [0.4, 0.5) is 0 Å². The largest absolute Gasteiger partial charge is 0.482 e. The van der Waals surface area contributed by atoms with Gasteiger partial charge in [-0.05, 0) is 6.92 Å². The van der Waals surface area contributed by atoms with Gasteiger partial charge >= 0.3 is 5.69 Å². The van der Waals surface area contributed by atoms with Gasteiger partial charge in [0, 0.05) is 0 Å². The molecule has 11 heavy (non-hydrogen) atoms. The fraction of sp³-hybridized carbons (Fsp3) is 0.333. The van der Waals surface area contributed by atoms with E-state index in [2.05, 4.69) is 9.97 Å². The zero-order valence-electron chi connectivity index (χ0n) is 6.22. The van der Waals surface area contributed by atoms with Gasteiger partial charge in [0.05, 0.1) is 12.7 Å². The summed E-state index contributed by atoms with van der Waals surface area (Å²) in [5, 5.41) is 0. The number of methoxy groups -OCH3 is 1. The van der Waals surface area contributed by atoms with Crippen molar-refractivity contribution in [3.63, 3.8) is 0 Å². The number of H-pyrrole nitrogens is 2. The van der Waals surface area contributed by atoms with E-state index in [0.29, 0.717) is 5.56 Å². The molecule has 1 aromatic heterocycles. The van der Waals surface area contributed by atoms with Crippen LogP contribution in [0.3, 0.4) is 0 Å². The van der Waals surface area contributed by atoms with Crippen LogP contribution in [0.15, 0.2) is 9.59 Å². The van der Waals surface area contributed by atoms with Gasteiger partial charge in [0.2, 0.25) is 5.88 Å². The molecule has 1 rings (SSSR count). The molecule has 0 bridgehead atoms. The van der Waals surface area contributed by atoms with Crippen molar-refractivity contribution >= 4 is 0 Å². The third-order valence-corrected chi connectivity index (χ3v) is 1.34. The number of rotatable bonds is 1. The highest BCUT2D eigenvalue weighted by molar-refractivity contribution is 5.19. The van der Waals surface area contributed by atoms with Gasteiger partial charge in [0.15, 0.2) is 0 Å². The molecule has 0 amide bonds. The van der Waals surface area contributed by atoms with E-state index in [0.717, 1.165) is 0 Å². The summed E-state index contributed by atoms with van der Waals surface area (Å²) in [6.07, 6.45) is 0. The zero-order chi connectivity index (χ0) is 8.43. The van der Waals surface area contributed by atoms with Gasteiger partial charge in [-0.3, -0.25) is 14.8 Å². The van der Waals surface area contributed by atoms with E-state index in [4.69, 9.17) is 4.74 Å². The van der Waals surface area contributed by atoms with Crippen LogP contribution >= 0.6 is 0 Å². The first-order valence-corrected chi connectivity index (χ1v) is 3.02. The van der Waals surface area contributed by atoms with Crippen LogP contribution in [0.1, 0.15) is 5.56 Å². The molecule has 5 nitrogen and oxygen atoms in total. The van der Waals surface area contributed by atoms with Crippen molar-refractivity contribution in [1.29, 1.82) is 0 Å². The maximum Gasteiger partial charge on any atom is 0.328 e. The molecule has 0 unspecified atom stereocenters. The summed E-state index contributed by atoms with van der Waals surface area (Å²) in [5.74, 6) is 0.207. The van der Waals surface area contributed by atoms with Crippen molar-refractivity contribution in [2.45, 2.75) is 6.92 Å². The number of nitrogens with one attached hydrogen (secondary N) is 2. The predicted octanol–water partition coefficient (Wildman–Crippen LogP) is -0.620. The van der Waals surface area contributed by atoms with Crippen molar-refractivity contribution < 1.29 is 4.74 Å². The standard InChI is InChI=1S/C6H8N2O3/c1-3-4(9)7-6(10)8-5(3)11-2/h1-2H3,(H2,7,8,9,10). The molecular formula is C6H8N2O3. The van der Waals surface area contributed by atoms with Gasteiger partial charge in [-0.25, -0.2) is 4.79 Å². The van der Waals surface area contributed by atoms with Crippen LogP contribution in [0.25, 0.3) is 0 Å². The molecule has 2 N–H and O–H groups in total. The van der Waals surface area contributed by atoms with Gasteiger partial charge in [0.1, 0.15) is 0 Å². The summed E-state index contributed by atoms with van der Waals surface area (Å²) >= 11 is 0. The maximum absolute atomic E-state index is 10.9. The van der Waals surface area contributed by atoms with Crippen molar-refractivity contribution in [2.75, 3.05) is 7.11 Å². The average Bonchev–Trinajstić information content (AvgIpc) is 1.96. The van der Waals surface area contributed by atoms with E-state index < -0.39 is 11.2 Å².